The van der Waals surface area contributed by atoms with Crippen molar-refractivity contribution in [2.24, 2.45) is 0 Å². The van der Waals surface area contributed by atoms with Gasteiger partial charge in [-0.1, -0.05) is 25.1 Å². The Balaban J connectivity index is 1.69. The molecule has 1 N–H and O–H groups in total. The van der Waals surface area contributed by atoms with Crippen LogP contribution in [0.3, 0.4) is 0 Å². The van der Waals surface area contributed by atoms with Crippen LogP contribution in [0.5, 0.6) is 5.75 Å². The highest BCUT2D eigenvalue weighted by atomic mass is 19.1. The van der Waals surface area contributed by atoms with Gasteiger partial charge in [0.25, 0.3) is 5.91 Å². The summed E-state index contributed by atoms with van der Waals surface area (Å²) in [7, 11) is 0. The van der Waals surface area contributed by atoms with Crippen LogP contribution in [0.15, 0.2) is 48.7 Å². The molecule has 3 rings (SSSR count). The Kier molecular flexibility index (Phi) is 6.03. The van der Waals surface area contributed by atoms with Crippen LogP contribution in [0.25, 0.3) is 0 Å². The number of halogens is 2. The highest BCUT2D eigenvalue weighted by Crippen LogP contribution is 2.20. The molecular weight excluding hydrogens is 364 g/mol. The lowest BCUT2D eigenvalue weighted by Crippen LogP contribution is -2.23. The second-order valence-corrected chi connectivity index (χ2v) is 6.37. The number of amides is 1. The molecule has 0 radical (unpaired) electrons. The first kappa shape index (κ1) is 19.5. The van der Waals surface area contributed by atoms with Crippen molar-refractivity contribution in [1.82, 2.24) is 9.78 Å². The highest BCUT2D eigenvalue weighted by molar-refractivity contribution is 5.91. The molecule has 1 aromatic heterocycles. The van der Waals surface area contributed by atoms with Gasteiger partial charge in [-0.05, 0) is 43.2 Å². The number of carbonyl (C=O) groups excluding carboxylic acids is 1. The van der Waals surface area contributed by atoms with Crippen molar-refractivity contribution < 1.29 is 18.3 Å². The normalized spacial score (nSPS) is 10.7. The van der Waals surface area contributed by atoms with Crippen LogP contribution in [0.2, 0.25) is 0 Å². The molecule has 0 saturated carbocycles. The zero-order chi connectivity index (χ0) is 20.1. The second-order valence-electron chi connectivity index (χ2n) is 6.37. The van der Waals surface area contributed by atoms with E-state index in [1.165, 1.54) is 4.68 Å². The molecule has 7 heteroatoms. The van der Waals surface area contributed by atoms with E-state index in [0.717, 1.165) is 30.2 Å². The summed E-state index contributed by atoms with van der Waals surface area (Å²) in [6.07, 6.45) is 2.35. The number of aryl methyl sites for hydroxylation is 2. The van der Waals surface area contributed by atoms with Gasteiger partial charge < -0.3 is 10.1 Å². The monoisotopic (exact) mass is 385 g/mol. The third-order valence-corrected chi connectivity index (χ3v) is 4.32. The van der Waals surface area contributed by atoms with E-state index < -0.39 is 11.6 Å². The Hall–Kier alpha value is -3.22. The van der Waals surface area contributed by atoms with Gasteiger partial charge in [-0.15, -0.1) is 0 Å². The van der Waals surface area contributed by atoms with Gasteiger partial charge in [0.2, 0.25) is 0 Å². The molecule has 0 bridgehead atoms. The second kappa shape index (κ2) is 8.65. The maximum absolute atomic E-state index is 13.9. The molecule has 0 saturated heterocycles. The first-order valence-corrected chi connectivity index (χ1v) is 8.94. The first-order chi connectivity index (χ1) is 13.5. The molecule has 146 valence electrons. The molecule has 0 atom stereocenters. The number of hydrogen-bond acceptors (Lipinski definition) is 3. The SMILES string of the molecule is CCc1ccccc1OCC(=O)Nc1c(C)cnn1Cc1cc(F)ccc1F. The van der Waals surface area contributed by atoms with E-state index in [2.05, 4.69) is 10.4 Å². The van der Waals surface area contributed by atoms with E-state index >= 15 is 0 Å². The van der Waals surface area contributed by atoms with Crippen LogP contribution in [-0.4, -0.2) is 22.3 Å². The molecule has 0 aliphatic rings. The van der Waals surface area contributed by atoms with Gasteiger partial charge in [0.1, 0.15) is 23.2 Å². The average molecular weight is 385 g/mol. The van der Waals surface area contributed by atoms with Crippen molar-refractivity contribution in [3.63, 3.8) is 0 Å². The van der Waals surface area contributed by atoms with Crippen molar-refractivity contribution in [2.45, 2.75) is 26.8 Å². The average Bonchev–Trinajstić information content (AvgIpc) is 3.03. The third kappa shape index (κ3) is 4.54. The van der Waals surface area contributed by atoms with Crippen LogP contribution >= 0.6 is 0 Å². The van der Waals surface area contributed by atoms with E-state index in [4.69, 9.17) is 4.74 Å². The number of benzene rings is 2. The van der Waals surface area contributed by atoms with Crippen LogP contribution in [0.1, 0.15) is 23.6 Å². The molecule has 2 aromatic carbocycles. The smallest absolute Gasteiger partial charge is 0.263 e. The van der Waals surface area contributed by atoms with Crippen molar-refractivity contribution in [3.05, 3.63) is 77.0 Å². The molecule has 0 unspecified atom stereocenters. The number of nitrogens with zero attached hydrogens (tertiary/aromatic N) is 2. The summed E-state index contributed by atoms with van der Waals surface area (Å²) in [4.78, 5) is 12.4. The van der Waals surface area contributed by atoms with Crippen LogP contribution in [0.4, 0.5) is 14.6 Å². The number of rotatable bonds is 7. The minimum absolute atomic E-state index is 0.00737. The lowest BCUT2D eigenvalue weighted by molar-refractivity contribution is -0.118. The number of para-hydroxylation sites is 1. The molecular formula is C21H21F2N3O2. The lowest BCUT2D eigenvalue weighted by atomic mass is 10.1. The Morgan fingerprint density at radius 2 is 1.96 bits per heavy atom. The third-order valence-electron chi connectivity index (χ3n) is 4.32. The summed E-state index contributed by atoms with van der Waals surface area (Å²) in [5, 5.41) is 6.89. The summed E-state index contributed by atoms with van der Waals surface area (Å²) in [6.45, 7) is 3.60. The predicted octanol–water partition coefficient (Wildman–Crippen LogP) is 4.10. The van der Waals surface area contributed by atoms with Crippen LogP contribution in [-0.2, 0) is 17.8 Å². The lowest BCUT2D eigenvalue weighted by Gasteiger charge is -2.13. The topological polar surface area (TPSA) is 56.1 Å². The summed E-state index contributed by atoms with van der Waals surface area (Å²) in [6, 6.07) is 10.8. The molecule has 0 aliphatic heterocycles. The maximum atomic E-state index is 13.9. The number of aromatic nitrogens is 2. The first-order valence-electron chi connectivity index (χ1n) is 8.94. The van der Waals surface area contributed by atoms with Gasteiger partial charge >= 0.3 is 0 Å². The summed E-state index contributed by atoms with van der Waals surface area (Å²) in [5.41, 5.74) is 1.86. The van der Waals surface area contributed by atoms with Gasteiger partial charge in [0, 0.05) is 11.1 Å². The zero-order valence-corrected chi connectivity index (χ0v) is 15.7. The van der Waals surface area contributed by atoms with E-state index in [0.29, 0.717) is 17.1 Å². The Bertz CT molecular complexity index is 986. The quantitative estimate of drug-likeness (QED) is 0.666. The maximum Gasteiger partial charge on any atom is 0.263 e. The van der Waals surface area contributed by atoms with E-state index in [1.54, 1.807) is 13.1 Å². The summed E-state index contributed by atoms with van der Waals surface area (Å²) in [5.74, 6) is -0.357. The molecule has 3 aromatic rings. The number of hydrogen-bond donors (Lipinski definition) is 1. The Labute approximate surface area is 161 Å². The fourth-order valence-electron chi connectivity index (χ4n) is 2.84. The predicted molar refractivity (Wildman–Crippen MR) is 102 cm³/mol. The number of carbonyl (C=O) groups is 1. The minimum Gasteiger partial charge on any atom is -0.483 e. The van der Waals surface area contributed by atoms with Crippen molar-refractivity contribution in [2.75, 3.05) is 11.9 Å². The molecule has 0 fully saturated rings. The van der Waals surface area contributed by atoms with Gasteiger partial charge in [0.05, 0.1) is 12.7 Å². The minimum atomic E-state index is -0.536. The Morgan fingerprint density at radius 1 is 1.18 bits per heavy atom. The van der Waals surface area contributed by atoms with Crippen molar-refractivity contribution >= 4 is 11.7 Å². The summed E-state index contributed by atoms with van der Waals surface area (Å²) < 4.78 is 34.4. The zero-order valence-electron chi connectivity index (χ0n) is 15.7. The van der Waals surface area contributed by atoms with Crippen molar-refractivity contribution in [3.8, 4) is 5.75 Å². The van der Waals surface area contributed by atoms with E-state index in [-0.39, 0.29) is 24.6 Å². The van der Waals surface area contributed by atoms with Crippen LogP contribution in [0, 0.1) is 18.6 Å². The van der Waals surface area contributed by atoms with Gasteiger partial charge in [0.15, 0.2) is 6.61 Å². The van der Waals surface area contributed by atoms with Gasteiger partial charge in [-0.25, -0.2) is 13.5 Å². The van der Waals surface area contributed by atoms with Gasteiger partial charge in [-0.3, -0.25) is 4.79 Å². The largest absolute Gasteiger partial charge is 0.483 e. The van der Waals surface area contributed by atoms with E-state index in [9.17, 15) is 13.6 Å². The standard InChI is InChI=1S/C21H21F2N3O2/c1-3-15-6-4-5-7-19(15)28-13-20(27)25-21-14(2)11-24-26(21)12-16-10-17(22)8-9-18(16)23/h4-11H,3,12-13H2,1-2H3,(H,25,27). The van der Waals surface area contributed by atoms with Crippen LogP contribution < -0.4 is 10.1 Å². The van der Waals surface area contributed by atoms with E-state index in [1.807, 2.05) is 31.2 Å². The molecule has 0 spiro atoms. The molecule has 5 nitrogen and oxygen atoms in total. The highest BCUT2D eigenvalue weighted by Gasteiger charge is 2.14. The fraction of sp³-hybridized carbons (Fsp3) is 0.238. The van der Waals surface area contributed by atoms with Gasteiger partial charge in [-0.2, -0.15) is 5.10 Å². The number of nitrogens with one attached hydrogen (secondary N) is 1. The Morgan fingerprint density at radius 3 is 2.75 bits per heavy atom. The number of anilines is 1. The van der Waals surface area contributed by atoms with Crippen molar-refractivity contribution in [1.29, 1.82) is 0 Å². The molecule has 0 aliphatic carbocycles. The molecule has 28 heavy (non-hydrogen) atoms. The molecule has 1 amide bonds. The number of ether oxygens (including phenoxy) is 1. The molecule has 1 heterocycles. The summed E-state index contributed by atoms with van der Waals surface area (Å²) >= 11 is 0. The fourth-order valence-corrected chi connectivity index (χ4v) is 2.84.